The Kier molecular flexibility index (Phi) is 3.16. The first-order valence-corrected chi connectivity index (χ1v) is 6.00. The van der Waals surface area contributed by atoms with E-state index in [1.807, 2.05) is 18.2 Å². The van der Waals surface area contributed by atoms with Gasteiger partial charge < -0.3 is 9.15 Å². The van der Waals surface area contributed by atoms with E-state index in [2.05, 4.69) is 4.98 Å². The maximum atomic E-state index is 13.5. The third-order valence-electron chi connectivity index (χ3n) is 2.76. The van der Waals surface area contributed by atoms with Gasteiger partial charge in [0.05, 0.1) is 5.52 Å². The summed E-state index contributed by atoms with van der Waals surface area (Å²) in [5.41, 5.74) is -0.493. The molecule has 20 heavy (non-hydrogen) atoms. The zero-order valence-corrected chi connectivity index (χ0v) is 10.4. The summed E-state index contributed by atoms with van der Waals surface area (Å²) in [6.45, 7) is 0.00566. The topological polar surface area (TPSA) is 52.3 Å². The number of aromatic nitrogens is 1. The normalized spacial score (nSPS) is 10.7. The highest BCUT2D eigenvalue weighted by Crippen LogP contribution is 2.14. The minimum atomic E-state index is -0.750. The zero-order valence-electron chi connectivity index (χ0n) is 10.4. The number of halogens is 1. The van der Waals surface area contributed by atoms with Crippen LogP contribution in [0.5, 0.6) is 5.75 Å². The molecule has 3 rings (SSSR count). The second kappa shape index (κ2) is 5.13. The molecule has 0 unspecified atom stereocenters. The highest BCUT2D eigenvalue weighted by atomic mass is 19.1. The number of ether oxygens (including phenoxy) is 1. The first-order valence-electron chi connectivity index (χ1n) is 6.00. The maximum absolute atomic E-state index is 13.5. The van der Waals surface area contributed by atoms with Gasteiger partial charge in [0.1, 0.15) is 17.0 Å². The van der Waals surface area contributed by atoms with Gasteiger partial charge in [-0.15, -0.1) is 0 Å². The summed E-state index contributed by atoms with van der Waals surface area (Å²) in [7, 11) is 0. The lowest BCUT2D eigenvalue weighted by atomic mass is 10.2. The van der Waals surface area contributed by atoms with Crippen LogP contribution in [0, 0.1) is 5.82 Å². The molecule has 3 aromatic rings. The van der Waals surface area contributed by atoms with E-state index in [0.29, 0.717) is 5.75 Å². The Hall–Kier alpha value is -2.69. The average Bonchev–Trinajstić information content (AvgIpc) is 2.46. The van der Waals surface area contributed by atoms with Gasteiger partial charge >= 0.3 is 5.63 Å². The summed E-state index contributed by atoms with van der Waals surface area (Å²) in [6.07, 6.45) is 0. The number of nitrogens with zero attached hydrogens (tertiary/aromatic N) is 1. The Balaban J connectivity index is 1.92. The third kappa shape index (κ3) is 2.38. The van der Waals surface area contributed by atoms with Crippen molar-refractivity contribution in [1.29, 1.82) is 0 Å². The van der Waals surface area contributed by atoms with Gasteiger partial charge in [0.25, 0.3) is 0 Å². The van der Waals surface area contributed by atoms with Crippen molar-refractivity contribution in [3.8, 4) is 5.75 Å². The smallest absolute Gasteiger partial charge is 0.349 e. The summed E-state index contributed by atoms with van der Waals surface area (Å²) < 4.78 is 23.9. The van der Waals surface area contributed by atoms with E-state index in [9.17, 15) is 9.18 Å². The van der Waals surface area contributed by atoms with E-state index in [4.69, 9.17) is 9.15 Å². The second-order valence-corrected chi connectivity index (χ2v) is 4.13. The fourth-order valence-electron chi connectivity index (χ4n) is 1.85. The van der Waals surface area contributed by atoms with Crippen LogP contribution < -0.4 is 10.4 Å². The highest BCUT2D eigenvalue weighted by molar-refractivity contribution is 5.77. The van der Waals surface area contributed by atoms with Crippen LogP contribution in [-0.2, 0) is 6.61 Å². The molecule has 0 atom stereocenters. The Morgan fingerprint density at radius 1 is 1.10 bits per heavy atom. The molecule has 0 N–H and O–H groups in total. The fraction of sp³-hybridized carbons (Fsp3) is 0.0667. The van der Waals surface area contributed by atoms with Crippen molar-refractivity contribution >= 4 is 10.9 Å². The van der Waals surface area contributed by atoms with Gasteiger partial charge in [-0.3, -0.25) is 0 Å². The Labute approximate surface area is 113 Å². The van der Waals surface area contributed by atoms with E-state index >= 15 is 0 Å². The molecule has 0 fully saturated rings. The van der Waals surface area contributed by atoms with Gasteiger partial charge in [0.15, 0.2) is 6.61 Å². The van der Waals surface area contributed by atoms with E-state index in [1.54, 1.807) is 18.2 Å². The predicted octanol–water partition coefficient (Wildman–Crippen LogP) is 2.91. The third-order valence-corrected chi connectivity index (χ3v) is 2.76. The van der Waals surface area contributed by atoms with Crippen molar-refractivity contribution < 1.29 is 13.5 Å². The molecule has 0 radical (unpaired) electrons. The Morgan fingerprint density at radius 3 is 2.70 bits per heavy atom. The lowest BCUT2D eigenvalue weighted by molar-refractivity contribution is 0.253. The summed E-state index contributed by atoms with van der Waals surface area (Å²) in [6, 6.07) is 13.3. The first kappa shape index (κ1) is 12.3. The summed E-state index contributed by atoms with van der Waals surface area (Å²) in [5.74, 6) is 0.104. The number of rotatable bonds is 3. The van der Waals surface area contributed by atoms with E-state index in [0.717, 1.165) is 0 Å². The van der Waals surface area contributed by atoms with Crippen molar-refractivity contribution in [2.45, 2.75) is 6.61 Å². The standard InChI is InChI=1S/C15H10FNO3/c16-11-7-4-8-12-14(11)15(18)20-13(17-12)9-19-10-5-2-1-3-6-10/h1-8H,9H2. The Bertz CT molecular complexity index is 799. The SMILES string of the molecule is O=c1oc(COc2ccccc2)nc2cccc(F)c12. The molecule has 0 saturated heterocycles. The van der Waals surface area contributed by atoms with Gasteiger partial charge in [-0.05, 0) is 24.3 Å². The van der Waals surface area contributed by atoms with E-state index in [-0.39, 0.29) is 23.4 Å². The molecule has 0 bridgehead atoms. The number of para-hydroxylation sites is 1. The second-order valence-electron chi connectivity index (χ2n) is 4.13. The predicted molar refractivity (Wildman–Crippen MR) is 71.0 cm³/mol. The molecule has 100 valence electrons. The van der Waals surface area contributed by atoms with Gasteiger partial charge in [-0.1, -0.05) is 24.3 Å². The van der Waals surface area contributed by atoms with Gasteiger partial charge in [0, 0.05) is 0 Å². The molecule has 5 heteroatoms. The number of hydrogen-bond acceptors (Lipinski definition) is 4. The molecule has 2 aromatic carbocycles. The molecular formula is C15H10FNO3. The lowest BCUT2D eigenvalue weighted by Gasteiger charge is -2.05. The molecule has 1 aromatic heterocycles. The Morgan fingerprint density at radius 2 is 1.90 bits per heavy atom. The first-order chi connectivity index (χ1) is 9.74. The van der Waals surface area contributed by atoms with E-state index < -0.39 is 11.4 Å². The van der Waals surface area contributed by atoms with Crippen LogP contribution in [0.15, 0.2) is 57.7 Å². The van der Waals surface area contributed by atoms with Crippen LogP contribution >= 0.6 is 0 Å². The van der Waals surface area contributed by atoms with Crippen molar-refractivity contribution in [2.24, 2.45) is 0 Å². The van der Waals surface area contributed by atoms with Crippen LogP contribution in [0.25, 0.3) is 10.9 Å². The summed E-state index contributed by atoms with van der Waals surface area (Å²) >= 11 is 0. The van der Waals surface area contributed by atoms with Crippen molar-refractivity contribution in [2.75, 3.05) is 0 Å². The van der Waals surface area contributed by atoms with Gasteiger partial charge in [0.2, 0.25) is 5.89 Å². The summed E-state index contributed by atoms with van der Waals surface area (Å²) in [4.78, 5) is 15.8. The molecule has 0 aliphatic heterocycles. The van der Waals surface area contributed by atoms with Gasteiger partial charge in [-0.2, -0.15) is 0 Å². The molecule has 0 saturated carbocycles. The summed E-state index contributed by atoms with van der Waals surface area (Å²) in [5, 5.41) is -0.143. The quantitative estimate of drug-likeness (QED) is 0.735. The molecule has 4 nitrogen and oxygen atoms in total. The van der Waals surface area contributed by atoms with Crippen LogP contribution in [0.4, 0.5) is 4.39 Å². The van der Waals surface area contributed by atoms with Crippen LogP contribution in [0.3, 0.4) is 0 Å². The zero-order chi connectivity index (χ0) is 13.9. The number of benzene rings is 2. The molecule has 1 heterocycles. The number of fused-ring (bicyclic) bond motifs is 1. The lowest BCUT2D eigenvalue weighted by Crippen LogP contribution is -2.09. The largest absolute Gasteiger partial charge is 0.484 e. The minimum absolute atomic E-state index is 0.00566. The number of hydrogen-bond donors (Lipinski definition) is 0. The fourth-order valence-corrected chi connectivity index (χ4v) is 1.85. The maximum Gasteiger partial charge on any atom is 0.349 e. The molecule has 0 aliphatic rings. The monoisotopic (exact) mass is 271 g/mol. The van der Waals surface area contributed by atoms with Crippen LogP contribution in [-0.4, -0.2) is 4.98 Å². The average molecular weight is 271 g/mol. The molecule has 0 amide bonds. The van der Waals surface area contributed by atoms with Crippen LogP contribution in [0.1, 0.15) is 5.89 Å². The van der Waals surface area contributed by atoms with Gasteiger partial charge in [-0.25, -0.2) is 14.2 Å². The van der Waals surface area contributed by atoms with Crippen molar-refractivity contribution in [3.05, 3.63) is 70.7 Å². The highest BCUT2D eigenvalue weighted by Gasteiger charge is 2.10. The van der Waals surface area contributed by atoms with E-state index in [1.165, 1.54) is 12.1 Å². The minimum Gasteiger partial charge on any atom is -0.484 e. The molecule has 0 spiro atoms. The molecular weight excluding hydrogens is 261 g/mol. The van der Waals surface area contributed by atoms with Crippen molar-refractivity contribution in [1.82, 2.24) is 4.98 Å². The van der Waals surface area contributed by atoms with Crippen LogP contribution in [0.2, 0.25) is 0 Å². The molecule has 0 aliphatic carbocycles. The van der Waals surface area contributed by atoms with Crippen molar-refractivity contribution in [3.63, 3.8) is 0 Å².